The molecule has 4 bridgehead atoms. The fraction of sp³-hybridized carbons (Fsp3) is 0.591. The number of hydrogen-bond donors (Lipinski definition) is 2. The number of carbonyl (C=O) groups is 1. The first-order chi connectivity index (χ1) is 13.7. The summed E-state index contributed by atoms with van der Waals surface area (Å²) in [6.07, 6.45) is 12.7. The van der Waals surface area contributed by atoms with Crippen molar-refractivity contribution in [3.8, 4) is 5.82 Å². The van der Waals surface area contributed by atoms with Gasteiger partial charge in [-0.25, -0.2) is 0 Å². The number of nitrogens with one attached hydrogen (secondary N) is 2. The zero-order valence-corrected chi connectivity index (χ0v) is 16.3. The van der Waals surface area contributed by atoms with Crippen molar-refractivity contribution < 1.29 is 4.79 Å². The van der Waals surface area contributed by atoms with Crippen LogP contribution in [0, 0.1) is 23.2 Å². The third-order valence-electron chi connectivity index (χ3n) is 6.97. The maximum absolute atomic E-state index is 12.5. The summed E-state index contributed by atoms with van der Waals surface area (Å²) in [7, 11) is 0. The first-order valence-electron chi connectivity index (χ1n) is 10.7. The lowest BCUT2D eigenvalue weighted by molar-refractivity contribution is -0.129. The number of amides is 1. The van der Waals surface area contributed by atoms with Crippen LogP contribution in [0.2, 0.25) is 0 Å². The maximum Gasteiger partial charge on any atom is 0.220 e. The van der Waals surface area contributed by atoms with E-state index in [0.29, 0.717) is 18.5 Å². The van der Waals surface area contributed by atoms with Gasteiger partial charge in [0.1, 0.15) is 5.82 Å². The predicted octanol–water partition coefficient (Wildman–Crippen LogP) is 3.40. The van der Waals surface area contributed by atoms with Crippen molar-refractivity contribution in [3.63, 3.8) is 0 Å². The molecule has 2 aromatic rings. The Morgan fingerprint density at radius 1 is 1.00 bits per heavy atom. The van der Waals surface area contributed by atoms with E-state index in [2.05, 4.69) is 20.8 Å². The molecule has 4 aliphatic carbocycles. The van der Waals surface area contributed by atoms with Gasteiger partial charge >= 0.3 is 0 Å². The molecule has 2 aromatic heterocycles. The number of rotatable bonds is 7. The first kappa shape index (κ1) is 17.7. The molecule has 0 spiro atoms. The van der Waals surface area contributed by atoms with E-state index in [1.54, 1.807) is 0 Å². The Kier molecular flexibility index (Phi) is 4.57. The lowest BCUT2D eigenvalue weighted by atomic mass is 9.49. The van der Waals surface area contributed by atoms with Gasteiger partial charge in [-0.1, -0.05) is 0 Å². The lowest BCUT2D eigenvalue weighted by Crippen LogP contribution is -2.48. The average Bonchev–Trinajstić information content (AvgIpc) is 3.19. The molecule has 0 atom stereocenters. The van der Waals surface area contributed by atoms with Crippen LogP contribution in [0.3, 0.4) is 0 Å². The Morgan fingerprint density at radius 2 is 1.68 bits per heavy atom. The zero-order chi connectivity index (χ0) is 19.0. The molecule has 2 heterocycles. The molecule has 0 saturated heterocycles. The minimum absolute atomic E-state index is 0.220. The van der Waals surface area contributed by atoms with Crippen molar-refractivity contribution >= 4 is 11.7 Å². The topological polar surface area (TPSA) is 71.8 Å². The molecular formula is C22H29N5O. The Balaban J connectivity index is 1.07. The molecule has 0 aromatic carbocycles. The van der Waals surface area contributed by atoms with E-state index in [9.17, 15) is 4.79 Å². The van der Waals surface area contributed by atoms with Crippen molar-refractivity contribution in [2.75, 3.05) is 18.4 Å². The van der Waals surface area contributed by atoms with Crippen LogP contribution in [0.4, 0.5) is 5.82 Å². The highest BCUT2D eigenvalue weighted by atomic mass is 16.1. The zero-order valence-electron chi connectivity index (χ0n) is 16.3. The van der Waals surface area contributed by atoms with E-state index in [0.717, 1.165) is 35.8 Å². The van der Waals surface area contributed by atoms with Crippen LogP contribution >= 0.6 is 0 Å². The van der Waals surface area contributed by atoms with E-state index in [1.807, 2.05) is 41.2 Å². The van der Waals surface area contributed by atoms with Crippen LogP contribution in [0.15, 0.2) is 36.7 Å². The molecular weight excluding hydrogens is 350 g/mol. The second-order valence-electron chi connectivity index (χ2n) is 9.24. The number of anilines is 1. The smallest absolute Gasteiger partial charge is 0.220 e. The molecule has 0 unspecified atom stereocenters. The second-order valence-corrected chi connectivity index (χ2v) is 9.24. The Labute approximate surface area is 166 Å². The summed E-state index contributed by atoms with van der Waals surface area (Å²) in [5, 5.41) is 14.8. The largest absolute Gasteiger partial charge is 0.367 e. The summed E-state index contributed by atoms with van der Waals surface area (Å²) < 4.78 is 1.92. The average molecular weight is 380 g/mol. The Hall–Kier alpha value is -2.37. The van der Waals surface area contributed by atoms with E-state index in [-0.39, 0.29) is 5.91 Å². The van der Waals surface area contributed by atoms with Gasteiger partial charge in [-0.2, -0.15) is 0 Å². The van der Waals surface area contributed by atoms with E-state index < -0.39 is 0 Å². The molecule has 0 radical (unpaired) electrons. The monoisotopic (exact) mass is 379 g/mol. The first-order valence-corrected chi connectivity index (χ1v) is 10.7. The predicted molar refractivity (Wildman–Crippen MR) is 108 cm³/mol. The van der Waals surface area contributed by atoms with Gasteiger partial charge in [-0.05, 0) is 86.0 Å². The summed E-state index contributed by atoms with van der Waals surface area (Å²) >= 11 is 0. The quantitative estimate of drug-likeness (QED) is 0.723. The molecule has 6 heteroatoms. The molecule has 6 rings (SSSR count). The fourth-order valence-electron chi connectivity index (χ4n) is 6.35. The number of carbonyl (C=O) groups excluding carboxylic acids is 1. The minimum Gasteiger partial charge on any atom is -0.367 e. The van der Waals surface area contributed by atoms with Gasteiger partial charge < -0.3 is 15.2 Å². The fourth-order valence-corrected chi connectivity index (χ4v) is 6.35. The molecule has 148 valence electrons. The van der Waals surface area contributed by atoms with Crippen LogP contribution in [0.25, 0.3) is 5.82 Å². The maximum atomic E-state index is 12.5. The number of nitrogens with zero attached hydrogens (tertiary/aromatic N) is 3. The molecule has 4 saturated carbocycles. The molecule has 6 nitrogen and oxygen atoms in total. The number of aromatic nitrogens is 3. The normalized spacial score (nSPS) is 30.4. The summed E-state index contributed by atoms with van der Waals surface area (Å²) in [5.74, 6) is 4.43. The van der Waals surface area contributed by atoms with E-state index >= 15 is 0 Å². The van der Waals surface area contributed by atoms with Crippen molar-refractivity contribution in [1.29, 1.82) is 0 Å². The van der Waals surface area contributed by atoms with Crippen molar-refractivity contribution in [2.24, 2.45) is 23.2 Å². The van der Waals surface area contributed by atoms with Gasteiger partial charge in [0, 0.05) is 31.9 Å². The molecule has 4 aliphatic rings. The molecule has 4 fully saturated rings. The third kappa shape index (κ3) is 3.64. The highest BCUT2D eigenvalue weighted by molar-refractivity contribution is 5.76. The van der Waals surface area contributed by atoms with Gasteiger partial charge in [0.25, 0.3) is 0 Å². The second kappa shape index (κ2) is 7.22. The van der Waals surface area contributed by atoms with E-state index in [4.69, 9.17) is 0 Å². The lowest BCUT2D eigenvalue weighted by Gasteiger charge is -2.56. The van der Waals surface area contributed by atoms with E-state index in [1.165, 1.54) is 38.5 Å². The van der Waals surface area contributed by atoms with Gasteiger partial charge in [0.2, 0.25) is 5.91 Å². The van der Waals surface area contributed by atoms with Gasteiger partial charge in [-0.3, -0.25) is 4.79 Å². The van der Waals surface area contributed by atoms with Crippen molar-refractivity contribution in [1.82, 2.24) is 20.1 Å². The van der Waals surface area contributed by atoms with Crippen LogP contribution in [0.1, 0.15) is 44.9 Å². The number of hydrogen-bond acceptors (Lipinski definition) is 4. The summed E-state index contributed by atoms with van der Waals surface area (Å²) in [6, 6.07) is 7.76. The van der Waals surface area contributed by atoms with Crippen molar-refractivity contribution in [3.05, 3.63) is 36.7 Å². The highest BCUT2D eigenvalue weighted by Crippen LogP contribution is 2.61. The SMILES string of the molecule is O=C(CC12CC3CC(CC(C3)C1)C2)NCCNc1ccc(-n2cccc2)nn1. The Morgan fingerprint density at radius 3 is 2.29 bits per heavy atom. The van der Waals surface area contributed by atoms with Crippen molar-refractivity contribution in [2.45, 2.75) is 44.9 Å². The molecule has 2 N–H and O–H groups in total. The summed E-state index contributed by atoms with van der Waals surface area (Å²) in [4.78, 5) is 12.5. The van der Waals surface area contributed by atoms with Gasteiger partial charge in [-0.15, -0.1) is 10.2 Å². The third-order valence-corrected chi connectivity index (χ3v) is 6.97. The molecule has 28 heavy (non-hydrogen) atoms. The molecule has 1 amide bonds. The van der Waals surface area contributed by atoms with Crippen LogP contribution in [-0.2, 0) is 4.79 Å². The van der Waals surface area contributed by atoms with Gasteiger partial charge in [0.05, 0.1) is 0 Å². The van der Waals surface area contributed by atoms with Crippen LogP contribution in [0.5, 0.6) is 0 Å². The van der Waals surface area contributed by atoms with Crippen LogP contribution < -0.4 is 10.6 Å². The summed E-state index contributed by atoms with van der Waals surface area (Å²) in [5.41, 5.74) is 0.312. The standard InChI is InChI=1S/C22H29N5O/c28-21(15-22-12-16-9-17(13-22)11-18(10-16)14-22)24-6-5-23-19-3-4-20(26-25-19)27-7-1-2-8-27/h1-4,7-8,16-18H,5-6,9-15H2,(H,23,25)(H,24,28). The van der Waals surface area contributed by atoms with Crippen LogP contribution in [-0.4, -0.2) is 33.8 Å². The molecule has 0 aliphatic heterocycles. The minimum atomic E-state index is 0.220. The highest BCUT2D eigenvalue weighted by Gasteiger charge is 2.51. The summed E-state index contributed by atoms with van der Waals surface area (Å²) in [6.45, 7) is 1.27. The van der Waals surface area contributed by atoms with Gasteiger partial charge in [0.15, 0.2) is 5.82 Å². The Bertz CT molecular complexity index is 779.